The lowest BCUT2D eigenvalue weighted by Gasteiger charge is -2.34. The van der Waals surface area contributed by atoms with Gasteiger partial charge in [0.1, 0.15) is 5.75 Å². The van der Waals surface area contributed by atoms with Crippen LogP contribution in [0.2, 0.25) is 0 Å². The van der Waals surface area contributed by atoms with Crippen LogP contribution in [0.3, 0.4) is 0 Å². The van der Waals surface area contributed by atoms with Crippen LogP contribution in [0.1, 0.15) is 44.1 Å². The van der Waals surface area contributed by atoms with Crippen LogP contribution in [0.4, 0.5) is 13.2 Å². The van der Waals surface area contributed by atoms with Gasteiger partial charge in [0.25, 0.3) is 0 Å². The normalized spacial score (nSPS) is 21.8. The summed E-state index contributed by atoms with van der Waals surface area (Å²) in [7, 11) is 0. The van der Waals surface area contributed by atoms with E-state index in [0.717, 1.165) is 45.1 Å². The number of rotatable bonds is 5. The summed E-state index contributed by atoms with van der Waals surface area (Å²) in [6.07, 6.45) is 1.17. The Morgan fingerprint density at radius 1 is 1.15 bits per heavy atom. The minimum atomic E-state index is -4.70. The van der Waals surface area contributed by atoms with E-state index in [0.29, 0.717) is 12.1 Å². The molecule has 0 spiro atoms. The van der Waals surface area contributed by atoms with Gasteiger partial charge in [-0.1, -0.05) is 25.0 Å². The van der Waals surface area contributed by atoms with E-state index in [2.05, 4.69) is 4.74 Å². The maximum Gasteiger partial charge on any atom is 0.573 e. The van der Waals surface area contributed by atoms with E-state index in [1.807, 2.05) is 4.90 Å². The molecule has 0 aromatic heterocycles. The SMILES string of the molecule is O=C(C1CCCC1)N1CCCC(OCc2cccc(OC(F)(F)F)c2)C1. The van der Waals surface area contributed by atoms with Crippen molar-refractivity contribution in [2.24, 2.45) is 5.92 Å². The van der Waals surface area contributed by atoms with Gasteiger partial charge in [-0.05, 0) is 43.4 Å². The summed E-state index contributed by atoms with van der Waals surface area (Å²) >= 11 is 0. The molecule has 1 saturated heterocycles. The van der Waals surface area contributed by atoms with Crippen LogP contribution in [-0.2, 0) is 16.1 Å². The lowest BCUT2D eigenvalue weighted by Crippen LogP contribution is -2.45. The first-order valence-corrected chi connectivity index (χ1v) is 9.16. The first-order chi connectivity index (χ1) is 12.4. The van der Waals surface area contributed by atoms with E-state index in [1.165, 1.54) is 18.2 Å². The molecule has 2 fully saturated rings. The molecule has 0 N–H and O–H groups in total. The van der Waals surface area contributed by atoms with Crippen molar-refractivity contribution in [1.29, 1.82) is 0 Å². The van der Waals surface area contributed by atoms with Gasteiger partial charge in [0.05, 0.1) is 12.7 Å². The molecule has 3 rings (SSSR count). The zero-order valence-electron chi connectivity index (χ0n) is 14.6. The van der Waals surface area contributed by atoms with Crippen molar-refractivity contribution in [3.63, 3.8) is 0 Å². The average Bonchev–Trinajstić information content (AvgIpc) is 3.13. The van der Waals surface area contributed by atoms with Crippen LogP contribution >= 0.6 is 0 Å². The highest BCUT2D eigenvalue weighted by Crippen LogP contribution is 2.28. The van der Waals surface area contributed by atoms with E-state index in [1.54, 1.807) is 6.07 Å². The molecule has 0 radical (unpaired) electrons. The molecule has 1 aromatic carbocycles. The van der Waals surface area contributed by atoms with Gasteiger partial charge in [0.15, 0.2) is 0 Å². The molecule has 1 heterocycles. The van der Waals surface area contributed by atoms with Gasteiger partial charge >= 0.3 is 6.36 Å². The lowest BCUT2D eigenvalue weighted by atomic mass is 10.0. The standard InChI is InChI=1S/C19H24F3NO3/c20-19(21,22)26-16-8-3-5-14(11-16)13-25-17-9-4-10-23(12-17)18(24)15-6-1-2-7-15/h3,5,8,11,15,17H,1-2,4,6-7,9-10,12-13H2. The van der Waals surface area contributed by atoms with Crippen LogP contribution in [0.5, 0.6) is 5.75 Å². The maximum atomic E-state index is 12.5. The number of hydrogen-bond donors (Lipinski definition) is 0. The third-order valence-corrected chi connectivity index (χ3v) is 5.01. The van der Waals surface area contributed by atoms with Crippen molar-refractivity contribution in [2.45, 2.75) is 57.6 Å². The van der Waals surface area contributed by atoms with E-state index < -0.39 is 6.36 Å². The molecule has 4 nitrogen and oxygen atoms in total. The van der Waals surface area contributed by atoms with Gasteiger partial charge in [-0.15, -0.1) is 13.2 Å². The highest BCUT2D eigenvalue weighted by atomic mass is 19.4. The number of benzene rings is 1. The van der Waals surface area contributed by atoms with Gasteiger partial charge in [0.2, 0.25) is 5.91 Å². The van der Waals surface area contributed by atoms with Gasteiger partial charge in [0, 0.05) is 19.0 Å². The molecule has 1 aliphatic carbocycles. The Hall–Kier alpha value is -1.76. The Balaban J connectivity index is 1.51. The zero-order valence-corrected chi connectivity index (χ0v) is 14.6. The Bertz CT molecular complexity index is 614. The molecule has 1 atom stereocenters. The molecule has 7 heteroatoms. The Morgan fingerprint density at radius 3 is 2.65 bits per heavy atom. The minimum Gasteiger partial charge on any atom is -0.406 e. The number of ether oxygens (including phenoxy) is 2. The summed E-state index contributed by atoms with van der Waals surface area (Å²) < 4.78 is 46.7. The maximum absolute atomic E-state index is 12.5. The summed E-state index contributed by atoms with van der Waals surface area (Å²) in [5.74, 6) is 0.140. The van der Waals surface area contributed by atoms with Gasteiger partial charge in [-0.3, -0.25) is 4.79 Å². The van der Waals surface area contributed by atoms with E-state index in [4.69, 9.17) is 4.74 Å². The Labute approximate surface area is 151 Å². The Kier molecular flexibility index (Phi) is 6.06. The van der Waals surface area contributed by atoms with Gasteiger partial charge in [-0.2, -0.15) is 0 Å². The third kappa shape index (κ3) is 5.37. The number of carbonyl (C=O) groups is 1. The van der Waals surface area contributed by atoms with Crippen molar-refractivity contribution in [3.05, 3.63) is 29.8 Å². The predicted octanol–water partition coefficient (Wildman–Crippen LogP) is 4.28. The summed E-state index contributed by atoms with van der Waals surface area (Å²) in [6.45, 7) is 1.53. The lowest BCUT2D eigenvalue weighted by molar-refractivity contribution is -0.274. The molecule has 1 saturated carbocycles. The van der Waals surface area contributed by atoms with E-state index >= 15 is 0 Å². The minimum absolute atomic E-state index is 0.0821. The topological polar surface area (TPSA) is 38.8 Å². The quantitative estimate of drug-likeness (QED) is 0.775. The Morgan fingerprint density at radius 2 is 1.92 bits per heavy atom. The fraction of sp³-hybridized carbons (Fsp3) is 0.632. The monoisotopic (exact) mass is 371 g/mol. The second kappa shape index (κ2) is 8.29. The molecule has 26 heavy (non-hydrogen) atoms. The number of amides is 1. The second-order valence-electron chi connectivity index (χ2n) is 7.04. The van der Waals surface area contributed by atoms with Crippen LogP contribution < -0.4 is 4.74 Å². The number of piperidine rings is 1. The zero-order chi connectivity index (χ0) is 18.6. The van der Waals surface area contributed by atoms with Gasteiger partial charge in [-0.25, -0.2) is 0 Å². The van der Waals surface area contributed by atoms with Crippen LogP contribution in [-0.4, -0.2) is 36.4 Å². The average molecular weight is 371 g/mol. The molecular formula is C19H24F3NO3. The smallest absolute Gasteiger partial charge is 0.406 e. The van der Waals surface area contributed by atoms with E-state index in [9.17, 15) is 18.0 Å². The van der Waals surface area contributed by atoms with Crippen molar-refractivity contribution >= 4 is 5.91 Å². The number of carbonyl (C=O) groups excluding carboxylic acids is 1. The van der Waals surface area contributed by atoms with Crippen molar-refractivity contribution in [2.75, 3.05) is 13.1 Å². The first kappa shape index (κ1) is 19.0. The van der Waals surface area contributed by atoms with E-state index in [-0.39, 0.29) is 30.3 Å². The number of hydrogen-bond acceptors (Lipinski definition) is 3. The fourth-order valence-electron chi connectivity index (χ4n) is 3.75. The number of nitrogens with zero attached hydrogens (tertiary/aromatic N) is 1. The molecular weight excluding hydrogens is 347 g/mol. The summed E-state index contributed by atoms with van der Waals surface area (Å²) in [5.41, 5.74) is 0.617. The number of likely N-dealkylation sites (tertiary alicyclic amines) is 1. The fourth-order valence-corrected chi connectivity index (χ4v) is 3.75. The molecule has 2 aliphatic rings. The summed E-state index contributed by atoms with van der Waals surface area (Å²) in [4.78, 5) is 14.4. The second-order valence-corrected chi connectivity index (χ2v) is 7.04. The number of alkyl halides is 3. The molecule has 0 bridgehead atoms. The highest BCUT2D eigenvalue weighted by molar-refractivity contribution is 5.79. The summed E-state index contributed by atoms with van der Waals surface area (Å²) in [5, 5.41) is 0. The highest BCUT2D eigenvalue weighted by Gasteiger charge is 2.32. The summed E-state index contributed by atoms with van der Waals surface area (Å²) in [6, 6.07) is 5.81. The van der Waals surface area contributed by atoms with Crippen molar-refractivity contribution in [3.8, 4) is 5.75 Å². The van der Waals surface area contributed by atoms with Crippen LogP contribution in [0.25, 0.3) is 0 Å². The molecule has 1 unspecified atom stereocenters. The molecule has 144 valence electrons. The van der Waals surface area contributed by atoms with Crippen LogP contribution in [0, 0.1) is 5.92 Å². The van der Waals surface area contributed by atoms with Crippen molar-refractivity contribution in [1.82, 2.24) is 4.90 Å². The molecule has 1 aromatic rings. The van der Waals surface area contributed by atoms with Crippen molar-refractivity contribution < 1.29 is 27.4 Å². The first-order valence-electron chi connectivity index (χ1n) is 9.16. The number of halogens is 3. The largest absolute Gasteiger partial charge is 0.573 e. The predicted molar refractivity (Wildman–Crippen MR) is 89.5 cm³/mol. The molecule has 1 amide bonds. The third-order valence-electron chi connectivity index (χ3n) is 5.01. The molecule has 1 aliphatic heterocycles. The van der Waals surface area contributed by atoms with Gasteiger partial charge < -0.3 is 14.4 Å². The van der Waals surface area contributed by atoms with Crippen LogP contribution in [0.15, 0.2) is 24.3 Å².